The summed E-state index contributed by atoms with van der Waals surface area (Å²) < 4.78 is 11.5. The molecule has 2 aliphatic rings. The third-order valence-corrected chi connectivity index (χ3v) is 4.49. The standard InChI is InChI=1S/C16H20N2O4/c1-21-11-7-8-12(16(9-11)22-2)15-10-17(19)13-5-3-4-6-14(13)18(15)20/h7-10,13-14H,3-6H2,1-2H3/t13-,14+/m1/s1. The first-order valence-corrected chi connectivity index (χ1v) is 7.51. The number of nitroso groups, excluding NO2 is 1. The Kier molecular flexibility index (Phi) is 4.02. The van der Waals surface area contributed by atoms with Gasteiger partial charge in [-0.15, -0.1) is 0 Å². The molecule has 0 unspecified atom stereocenters. The van der Waals surface area contributed by atoms with Crippen molar-refractivity contribution < 1.29 is 14.2 Å². The summed E-state index contributed by atoms with van der Waals surface area (Å²) in [6.07, 6.45) is 4.91. The molecular formula is C16H20N2O4. The fourth-order valence-corrected chi connectivity index (χ4v) is 3.31. The number of hydroxylamine groups is 2. The smallest absolute Gasteiger partial charge is 0.244 e. The molecule has 1 fully saturated rings. The van der Waals surface area contributed by atoms with Crippen LogP contribution in [0.3, 0.4) is 0 Å². The zero-order chi connectivity index (χ0) is 15.7. The van der Waals surface area contributed by atoms with E-state index in [1.807, 2.05) is 0 Å². The number of methoxy groups -OCH3 is 2. The molecule has 2 atom stereocenters. The highest BCUT2D eigenvalue weighted by Gasteiger charge is 2.42. The fourth-order valence-electron chi connectivity index (χ4n) is 3.31. The van der Waals surface area contributed by atoms with Gasteiger partial charge in [-0.1, -0.05) is 6.42 Å². The molecule has 1 aliphatic heterocycles. The lowest BCUT2D eigenvalue weighted by Crippen LogP contribution is -2.49. The second kappa shape index (κ2) is 5.96. The fraction of sp³-hybridized carbons (Fsp3) is 0.500. The Morgan fingerprint density at radius 3 is 2.73 bits per heavy atom. The van der Waals surface area contributed by atoms with Gasteiger partial charge in [0.2, 0.25) is 12.2 Å². The number of hydrogen-bond acceptors (Lipinski definition) is 5. The molecule has 1 aromatic carbocycles. The van der Waals surface area contributed by atoms with E-state index in [1.165, 1.54) is 13.3 Å². The molecule has 1 aliphatic carbocycles. The van der Waals surface area contributed by atoms with Gasteiger partial charge >= 0.3 is 0 Å². The molecule has 6 nitrogen and oxygen atoms in total. The lowest BCUT2D eigenvalue weighted by molar-refractivity contribution is -0.536. The summed E-state index contributed by atoms with van der Waals surface area (Å²) in [4.78, 5) is 12.3. The van der Waals surface area contributed by atoms with Crippen molar-refractivity contribution in [3.8, 4) is 11.5 Å². The highest BCUT2D eigenvalue weighted by Crippen LogP contribution is 2.38. The van der Waals surface area contributed by atoms with E-state index in [-0.39, 0.29) is 12.1 Å². The Morgan fingerprint density at radius 1 is 1.23 bits per heavy atom. The molecule has 118 valence electrons. The third kappa shape index (κ3) is 2.43. The minimum Gasteiger partial charge on any atom is -0.758 e. The van der Waals surface area contributed by atoms with Gasteiger partial charge in [-0.05, 0) is 25.0 Å². The Morgan fingerprint density at radius 2 is 2.00 bits per heavy atom. The topological polar surface area (TPSA) is 64.8 Å². The first-order chi connectivity index (χ1) is 10.7. The van der Waals surface area contributed by atoms with Crippen LogP contribution in [0.1, 0.15) is 31.2 Å². The van der Waals surface area contributed by atoms with Crippen LogP contribution in [0.5, 0.6) is 11.5 Å². The summed E-state index contributed by atoms with van der Waals surface area (Å²) in [6.45, 7) is 0. The number of fused-ring (bicyclic) bond motifs is 1. The monoisotopic (exact) mass is 304 g/mol. The highest BCUT2D eigenvalue weighted by molar-refractivity contribution is 5.70. The number of ether oxygens (including phenoxy) is 2. The van der Waals surface area contributed by atoms with E-state index >= 15 is 0 Å². The second-order valence-electron chi connectivity index (χ2n) is 5.69. The molecule has 0 aromatic heterocycles. The zero-order valence-corrected chi connectivity index (χ0v) is 12.8. The van der Waals surface area contributed by atoms with E-state index in [4.69, 9.17) is 9.47 Å². The predicted octanol–water partition coefficient (Wildman–Crippen LogP) is 2.91. The molecule has 0 N–H and O–H groups in total. The van der Waals surface area contributed by atoms with Gasteiger partial charge in [-0.2, -0.15) is 0 Å². The number of rotatable bonds is 3. The summed E-state index contributed by atoms with van der Waals surface area (Å²) >= 11 is 0. The van der Waals surface area contributed by atoms with Crippen LogP contribution < -0.4 is 9.47 Å². The van der Waals surface area contributed by atoms with Crippen LogP contribution in [0.25, 0.3) is 5.70 Å². The quantitative estimate of drug-likeness (QED) is 0.803. The maximum Gasteiger partial charge on any atom is 0.244 e. The first kappa shape index (κ1) is 14.8. The SMILES string of the molecule is COc1ccc(C2=C[N+](=O)[C@@H]3CCCC[C@@H]3N2[O-])c(OC)c1. The van der Waals surface area contributed by atoms with Gasteiger partial charge in [-0.25, -0.2) is 0 Å². The molecule has 1 saturated carbocycles. The van der Waals surface area contributed by atoms with Crippen molar-refractivity contribution in [2.75, 3.05) is 14.2 Å². The molecule has 1 heterocycles. The molecular weight excluding hydrogens is 284 g/mol. The van der Waals surface area contributed by atoms with Gasteiger partial charge in [-0.3, -0.25) is 0 Å². The van der Waals surface area contributed by atoms with Gasteiger partial charge in [0.1, 0.15) is 17.2 Å². The Balaban J connectivity index is 2.02. The first-order valence-electron chi connectivity index (χ1n) is 7.51. The van der Waals surface area contributed by atoms with Crippen LogP contribution in [0.15, 0.2) is 24.4 Å². The van der Waals surface area contributed by atoms with Gasteiger partial charge in [0.05, 0.1) is 20.3 Å². The number of nitrogens with zero attached hydrogens (tertiary/aromatic N) is 2. The second-order valence-corrected chi connectivity index (χ2v) is 5.69. The average Bonchev–Trinajstić information content (AvgIpc) is 2.57. The van der Waals surface area contributed by atoms with E-state index in [1.54, 1.807) is 25.3 Å². The Hall–Kier alpha value is -2.08. The van der Waals surface area contributed by atoms with E-state index in [2.05, 4.69) is 0 Å². The van der Waals surface area contributed by atoms with E-state index in [9.17, 15) is 10.1 Å². The van der Waals surface area contributed by atoms with E-state index < -0.39 is 0 Å². The van der Waals surface area contributed by atoms with Crippen molar-refractivity contribution in [3.63, 3.8) is 0 Å². The van der Waals surface area contributed by atoms with Crippen LogP contribution >= 0.6 is 0 Å². The maximum absolute atomic E-state index is 12.7. The molecule has 0 bridgehead atoms. The molecule has 0 saturated heterocycles. The summed E-state index contributed by atoms with van der Waals surface area (Å²) in [6, 6.07) is 4.71. The van der Waals surface area contributed by atoms with Crippen molar-refractivity contribution in [1.82, 2.24) is 5.06 Å². The lowest BCUT2D eigenvalue weighted by atomic mass is 9.88. The number of benzene rings is 1. The van der Waals surface area contributed by atoms with Crippen LogP contribution in [-0.4, -0.2) is 36.1 Å². The van der Waals surface area contributed by atoms with Crippen LogP contribution in [0.4, 0.5) is 0 Å². The summed E-state index contributed by atoms with van der Waals surface area (Å²) in [5, 5.41) is 13.7. The van der Waals surface area contributed by atoms with Crippen LogP contribution in [-0.2, 0) is 0 Å². The van der Waals surface area contributed by atoms with Crippen molar-refractivity contribution in [2.24, 2.45) is 0 Å². The van der Waals surface area contributed by atoms with Crippen LogP contribution in [0.2, 0.25) is 0 Å². The molecule has 0 amide bonds. The predicted molar refractivity (Wildman–Crippen MR) is 82.4 cm³/mol. The van der Waals surface area contributed by atoms with Gasteiger partial charge in [0, 0.05) is 27.7 Å². The average molecular weight is 304 g/mol. The number of hydrogen-bond donors (Lipinski definition) is 0. The Labute approximate surface area is 129 Å². The van der Waals surface area contributed by atoms with E-state index in [0.29, 0.717) is 22.8 Å². The van der Waals surface area contributed by atoms with Crippen molar-refractivity contribution in [1.29, 1.82) is 0 Å². The highest BCUT2D eigenvalue weighted by atomic mass is 16.5. The largest absolute Gasteiger partial charge is 0.758 e. The minimum absolute atomic E-state index is 0.237. The molecule has 6 heteroatoms. The van der Waals surface area contributed by atoms with E-state index in [0.717, 1.165) is 35.5 Å². The normalized spacial score (nSPS) is 24.6. The molecule has 22 heavy (non-hydrogen) atoms. The Bertz CT molecular complexity index is 614. The van der Waals surface area contributed by atoms with Gasteiger partial charge < -0.3 is 19.7 Å². The maximum atomic E-state index is 12.7. The zero-order valence-electron chi connectivity index (χ0n) is 12.8. The molecule has 3 rings (SSSR count). The van der Waals surface area contributed by atoms with Crippen molar-refractivity contribution in [2.45, 2.75) is 37.8 Å². The summed E-state index contributed by atoms with van der Waals surface area (Å²) in [5.41, 5.74) is 0.973. The van der Waals surface area contributed by atoms with Gasteiger partial charge in [0.15, 0.2) is 0 Å². The minimum atomic E-state index is -0.280. The van der Waals surface area contributed by atoms with Crippen molar-refractivity contribution in [3.05, 3.63) is 40.1 Å². The molecule has 0 spiro atoms. The summed E-state index contributed by atoms with van der Waals surface area (Å²) in [7, 11) is 3.11. The summed E-state index contributed by atoms with van der Waals surface area (Å²) in [5.74, 6) is 1.16. The lowest BCUT2D eigenvalue weighted by Gasteiger charge is -2.44. The third-order valence-electron chi connectivity index (χ3n) is 4.49. The molecule has 1 aromatic rings. The van der Waals surface area contributed by atoms with Gasteiger partial charge in [0.25, 0.3) is 0 Å². The van der Waals surface area contributed by atoms with Crippen molar-refractivity contribution >= 4 is 5.70 Å². The molecule has 0 radical (unpaired) electrons. The van der Waals surface area contributed by atoms with Crippen LogP contribution in [0, 0.1) is 10.1 Å².